The lowest BCUT2D eigenvalue weighted by Gasteiger charge is -2.57. The van der Waals surface area contributed by atoms with Crippen molar-refractivity contribution in [3.05, 3.63) is 11.1 Å². The molecule has 1 aromatic carbocycles. The molecule has 6 heteroatoms. The van der Waals surface area contributed by atoms with Gasteiger partial charge in [0.15, 0.2) is 23.4 Å². The second-order valence-corrected chi connectivity index (χ2v) is 7.38. The van der Waals surface area contributed by atoms with Crippen LogP contribution in [0, 0.1) is 5.92 Å². The standard InChI is InChI=1S/C17H19NO5/c1-18-5-4-17-8-2-3-10(19)16(17)23-15-11(17)7(6-9(8)18)12(20)13(21)14(15)22/h8-9,16,20-22H,2-6H2,1H3/t8-,9+,16-,17-/m0/s1. The number of likely N-dealkylation sites (tertiary alicyclic amines) is 1. The number of benzene rings is 1. The summed E-state index contributed by atoms with van der Waals surface area (Å²) >= 11 is 0. The lowest BCUT2D eigenvalue weighted by atomic mass is 9.51. The number of aromatic hydroxyl groups is 3. The van der Waals surface area contributed by atoms with Crippen molar-refractivity contribution in [3.63, 3.8) is 0 Å². The molecule has 0 amide bonds. The summed E-state index contributed by atoms with van der Waals surface area (Å²) < 4.78 is 5.90. The predicted molar refractivity (Wildman–Crippen MR) is 80.0 cm³/mol. The molecule has 1 saturated carbocycles. The van der Waals surface area contributed by atoms with E-state index in [2.05, 4.69) is 11.9 Å². The zero-order valence-corrected chi connectivity index (χ0v) is 12.9. The number of phenolic OH excluding ortho intramolecular Hbond substituents is 3. The van der Waals surface area contributed by atoms with E-state index >= 15 is 0 Å². The zero-order valence-electron chi connectivity index (χ0n) is 12.9. The minimum Gasteiger partial charge on any atom is -0.504 e. The number of nitrogens with zero attached hydrogens (tertiary/aromatic N) is 1. The molecular weight excluding hydrogens is 298 g/mol. The van der Waals surface area contributed by atoms with Gasteiger partial charge in [0.05, 0.1) is 0 Å². The van der Waals surface area contributed by atoms with Crippen LogP contribution in [0.5, 0.6) is 23.0 Å². The predicted octanol–water partition coefficient (Wildman–Crippen LogP) is 1.04. The SMILES string of the molecule is CN1CC[C@]23c4c5c(O)c(O)c(O)c4O[C@H]2C(=O)CC[C@H]3[C@H]1C5. The second-order valence-electron chi connectivity index (χ2n) is 7.38. The van der Waals surface area contributed by atoms with Gasteiger partial charge in [-0.25, -0.2) is 0 Å². The van der Waals surface area contributed by atoms with E-state index < -0.39 is 23.0 Å². The van der Waals surface area contributed by atoms with Crippen LogP contribution in [0.25, 0.3) is 0 Å². The number of carbonyl (C=O) groups is 1. The third kappa shape index (κ3) is 1.29. The summed E-state index contributed by atoms with van der Waals surface area (Å²) in [4.78, 5) is 14.8. The van der Waals surface area contributed by atoms with Crippen molar-refractivity contribution in [2.45, 2.75) is 43.2 Å². The van der Waals surface area contributed by atoms with Gasteiger partial charge in [0.1, 0.15) is 0 Å². The Bertz CT molecular complexity index is 760. The highest BCUT2D eigenvalue weighted by Gasteiger charge is 2.66. The van der Waals surface area contributed by atoms with E-state index in [-0.39, 0.29) is 29.2 Å². The molecule has 0 aromatic heterocycles. The van der Waals surface area contributed by atoms with Crippen molar-refractivity contribution in [2.75, 3.05) is 13.6 Å². The first-order valence-corrected chi connectivity index (χ1v) is 8.16. The van der Waals surface area contributed by atoms with Gasteiger partial charge >= 0.3 is 0 Å². The van der Waals surface area contributed by atoms with Gasteiger partial charge in [0.25, 0.3) is 0 Å². The lowest BCUT2D eigenvalue weighted by Crippen LogP contribution is -2.65. The van der Waals surface area contributed by atoms with E-state index in [4.69, 9.17) is 4.74 Å². The third-order valence-electron chi connectivity index (χ3n) is 6.63. The number of hydrogen-bond acceptors (Lipinski definition) is 6. The fourth-order valence-electron chi connectivity index (χ4n) is 5.63. The first kappa shape index (κ1) is 13.5. The van der Waals surface area contributed by atoms with Crippen molar-refractivity contribution < 1.29 is 24.9 Å². The highest BCUT2D eigenvalue weighted by molar-refractivity contribution is 5.90. The second kappa shape index (κ2) is 3.93. The normalized spacial score (nSPS) is 37.4. The molecule has 122 valence electrons. The van der Waals surface area contributed by atoms with Crippen LogP contribution in [0.3, 0.4) is 0 Å². The number of ketones is 1. The lowest BCUT2D eigenvalue weighted by molar-refractivity contribution is -0.138. The molecule has 2 aliphatic carbocycles. The number of rotatable bonds is 0. The molecule has 2 fully saturated rings. The number of carbonyl (C=O) groups excluding carboxylic acids is 1. The van der Waals surface area contributed by atoms with Crippen molar-refractivity contribution in [1.82, 2.24) is 4.90 Å². The first-order valence-electron chi connectivity index (χ1n) is 8.16. The molecule has 2 aliphatic heterocycles. The van der Waals surface area contributed by atoms with Crippen LogP contribution >= 0.6 is 0 Å². The molecule has 1 aromatic rings. The van der Waals surface area contributed by atoms with E-state index in [0.717, 1.165) is 24.9 Å². The summed E-state index contributed by atoms with van der Waals surface area (Å²) in [6.45, 7) is 0.857. The molecule has 0 radical (unpaired) electrons. The topological polar surface area (TPSA) is 90.2 Å². The van der Waals surface area contributed by atoms with Gasteiger partial charge in [-0.3, -0.25) is 4.79 Å². The van der Waals surface area contributed by atoms with Gasteiger partial charge in [0.2, 0.25) is 11.5 Å². The maximum atomic E-state index is 12.5. The monoisotopic (exact) mass is 317 g/mol. The average Bonchev–Trinajstić information content (AvgIpc) is 2.88. The average molecular weight is 317 g/mol. The minimum absolute atomic E-state index is 0.0620. The summed E-state index contributed by atoms with van der Waals surface area (Å²) in [5.41, 5.74) is 0.955. The fraction of sp³-hybridized carbons (Fsp3) is 0.588. The molecule has 4 aliphatic rings. The Morgan fingerprint density at radius 2 is 2.00 bits per heavy atom. The van der Waals surface area contributed by atoms with E-state index in [1.807, 2.05) is 0 Å². The number of ether oxygens (including phenoxy) is 1. The van der Waals surface area contributed by atoms with Gasteiger partial charge in [0, 0.05) is 29.0 Å². The maximum Gasteiger partial charge on any atom is 0.204 e. The van der Waals surface area contributed by atoms with Gasteiger partial charge in [-0.1, -0.05) is 0 Å². The zero-order chi connectivity index (χ0) is 16.1. The third-order valence-corrected chi connectivity index (χ3v) is 6.63. The van der Waals surface area contributed by atoms with Crippen LogP contribution in [0.1, 0.15) is 30.4 Å². The molecule has 6 nitrogen and oxygen atoms in total. The van der Waals surface area contributed by atoms with E-state index in [9.17, 15) is 20.1 Å². The Balaban J connectivity index is 1.87. The highest BCUT2D eigenvalue weighted by Crippen LogP contribution is 2.66. The van der Waals surface area contributed by atoms with Crippen LogP contribution in [0.2, 0.25) is 0 Å². The molecule has 4 atom stereocenters. The van der Waals surface area contributed by atoms with Crippen LogP contribution in [-0.2, 0) is 16.6 Å². The fourth-order valence-corrected chi connectivity index (χ4v) is 5.63. The summed E-state index contributed by atoms with van der Waals surface area (Å²) in [5, 5.41) is 30.7. The van der Waals surface area contributed by atoms with Crippen LogP contribution in [0.15, 0.2) is 0 Å². The summed E-state index contributed by atoms with van der Waals surface area (Å²) in [7, 11) is 2.07. The summed E-state index contributed by atoms with van der Waals surface area (Å²) in [6, 6.07) is 0.219. The number of phenols is 3. The number of hydrogen-bond donors (Lipinski definition) is 3. The Kier molecular flexibility index (Phi) is 2.30. The molecule has 0 unspecified atom stereocenters. The smallest absolute Gasteiger partial charge is 0.204 e. The summed E-state index contributed by atoms with van der Waals surface area (Å²) in [6.07, 6.45) is 2.08. The van der Waals surface area contributed by atoms with Gasteiger partial charge in [-0.15, -0.1) is 0 Å². The van der Waals surface area contributed by atoms with Gasteiger partial charge in [-0.05, 0) is 38.8 Å². The molecule has 5 rings (SSSR count). The molecule has 1 spiro atoms. The van der Waals surface area contributed by atoms with E-state index in [0.29, 0.717) is 18.4 Å². The van der Waals surface area contributed by atoms with Crippen molar-refractivity contribution in [1.29, 1.82) is 0 Å². The molecule has 23 heavy (non-hydrogen) atoms. The number of Topliss-reactive ketones (excluding diaryl/α,β-unsaturated/α-hetero) is 1. The molecule has 2 heterocycles. The quantitative estimate of drug-likeness (QED) is 0.620. The van der Waals surface area contributed by atoms with Crippen molar-refractivity contribution in [2.24, 2.45) is 5.92 Å². The summed E-state index contributed by atoms with van der Waals surface area (Å²) in [5.74, 6) is -0.687. The van der Waals surface area contributed by atoms with E-state index in [1.165, 1.54) is 0 Å². The number of likely N-dealkylation sites (N-methyl/N-ethyl adjacent to an activating group) is 1. The van der Waals surface area contributed by atoms with Crippen molar-refractivity contribution >= 4 is 5.78 Å². The largest absolute Gasteiger partial charge is 0.504 e. The number of piperidine rings is 1. The molecular formula is C17H19NO5. The van der Waals surface area contributed by atoms with E-state index in [1.54, 1.807) is 0 Å². The van der Waals surface area contributed by atoms with Gasteiger partial charge < -0.3 is 25.0 Å². The first-order chi connectivity index (χ1) is 11.0. The maximum absolute atomic E-state index is 12.5. The van der Waals surface area contributed by atoms with Crippen molar-refractivity contribution in [3.8, 4) is 23.0 Å². The van der Waals surface area contributed by atoms with Gasteiger partial charge in [-0.2, -0.15) is 0 Å². The molecule has 3 N–H and O–H groups in total. The Morgan fingerprint density at radius 1 is 1.22 bits per heavy atom. The Labute approximate surface area is 133 Å². The Morgan fingerprint density at radius 3 is 2.78 bits per heavy atom. The molecule has 1 saturated heterocycles. The molecule has 2 bridgehead atoms. The Hall–Kier alpha value is -1.95. The van der Waals surface area contributed by atoms with Crippen LogP contribution in [-0.4, -0.2) is 51.7 Å². The highest BCUT2D eigenvalue weighted by atomic mass is 16.5. The minimum atomic E-state index is -0.599. The van der Waals surface area contributed by atoms with Crippen LogP contribution < -0.4 is 4.74 Å². The van der Waals surface area contributed by atoms with Crippen LogP contribution in [0.4, 0.5) is 0 Å².